The van der Waals surface area contributed by atoms with Gasteiger partial charge in [0.2, 0.25) is 0 Å². The van der Waals surface area contributed by atoms with Crippen molar-refractivity contribution >= 4 is 0 Å². The van der Waals surface area contributed by atoms with Crippen molar-refractivity contribution in [2.45, 2.75) is 31.3 Å². The number of piperazine rings is 1. The average Bonchev–Trinajstić information content (AvgIpc) is 2.42. The zero-order chi connectivity index (χ0) is 8.39. The third-order valence-electron chi connectivity index (χ3n) is 2.92. The maximum Gasteiger partial charge on any atom is 0.0443 e. The number of hydrogen-bond acceptors (Lipinski definition) is 3. The van der Waals surface area contributed by atoms with Crippen LogP contribution >= 0.6 is 0 Å². The fourth-order valence-corrected chi connectivity index (χ4v) is 2.37. The van der Waals surface area contributed by atoms with E-state index in [-0.39, 0.29) is 0 Å². The van der Waals surface area contributed by atoms with Crippen LogP contribution in [0.1, 0.15) is 19.3 Å². The van der Waals surface area contributed by atoms with Gasteiger partial charge in [-0.1, -0.05) is 0 Å². The van der Waals surface area contributed by atoms with Crippen LogP contribution < -0.4 is 5.32 Å². The van der Waals surface area contributed by atoms with E-state index in [1.54, 1.807) is 0 Å². The van der Waals surface area contributed by atoms with Crippen LogP contribution in [0.15, 0.2) is 0 Å². The zero-order valence-corrected chi connectivity index (χ0v) is 7.50. The second-order valence-electron chi connectivity index (χ2n) is 3.97. The van der Waals surface area contributed by atoms with Crippen molar-refractivity contribution in [1.82, 2.24) is 10.2 Å². The molecule has 70 valence electrons. The molecule has 0 amide bonds. The Hall–Kier alpha value is -0.120. The molecule has 2 saturated heterocycles. The molecule has 2 heterocycles. The van der Waals surface area contributed by atoms with Gasteiger partial charge in [0.25, 0.3) is 0 Å². The van der Waals surface area contributed by atoms with Gasteiger partial charge in [0.15, 0.2) is 0 Å². The second kappa shape index (κ2) is 3.73. The van der Waals surface area contributed by atoms with Gasteiger partial charge < -0.3 is 15.3 Å². The molecule has 0 aromatic heterocycles. The summed E-state index contributed by atoms with van der Waals surface area (Å²) < 4.78 is 0. The summed E-state index contributed by atoms with van der Waals surface area (Å²) in [5, 5.41) is 12.3. The van der Waals surface area contributed by atoms with Gasteiger partial charge in [-0.3, -0.25) is 0 Å². The van der Waals surface area contributed by atoms with Crippen LogP contribution in [0.2, 0.25) is 0 Å². The molecule has 2 bridgehead atoms. The van der Waals surface area contributed by atoms with E-state index in [1.807, 2.05) is 0 Å². The number of nitrogens with zero attached hydrogens (tertiary/aromatic N) is 1. The van der Waals surface area contributed by atoms with Gasteiger partial charge >= 0.3 is 0 Å². The fourth-order valence-electron chi connectivity index (χ4n) is 2.37. The zero-order valence-electron chi connectivity index (χ0n) is 7.50. The highest BCUT2D eigenvalue weighted by Crippen LogP contribution is 2.19. The maximum absolute atomic E-state index is 8.70. The normalized spacial score (nSPS) is 35.8. The van der Waals surface area contributed by atoms with Gasteiger partial charge in [0, 0.05) is 38.3 Å². The molecular weight excluding hydrogens is 152 g/mol. The van der Waals surface area contributed by atoms with E-state index in [9.17, 15) is 0 Å². The lowest BCUT2D eigenvalue weighted by atomic mass is 10.2. The molecule has 2 unspecified atom stereocenters. The topological polar surface area (TPSA) is 35.5 Å². The second-order valence-corrected chi connectivity index (χ2v) is 3.97. The highest BCUT2D eigenvalue weighted by molar-refractivity contribution is 4.92. The molecule has 0 aromatic rings. The Morgan fingerprint density at radius 1 is 1.25 bits per heavy atom. The van der Waals surface area contributed by atoms with Gasteiger partial charge in [-0.15, -0.1) is 0 Å². The van der Waals surface area contributed by atoms with Crippen LogP contribution in [-0.4, -0.2) is 48.3 Å². The molecule has 2 aliphatic rings. The predicted octanol–water partition coefficient (Wildman–Crippen LogP) is -0.195. The monoisotopic (exact) mass is 170 g/mol. The largest absolute Gasteiger partial charge is 0.396 e. The van der Waals surface area contributed by atoms with Crippen molar-refractivity contribution in [2.75, 3.05) is 26.2 Å². The number of nitrogens with one attached hydrogen (secondary N) is 1. The minimum Gasteiger partial charge on any atom is -0.396 e. The maximum atomic E-state index is 8.70. The molecule has 0 saturated carbocycles. The molecule has 0 spiro atoms. The molecule has 2 aliphatic heterocycles. The van der Waals surface area contributed by atoms with Gasteiger partial charge in [-0.05, 0) is 19.3 Å². The third-order valence-corrected chi connectivity index (χ3v) is 2.92. The first-order valence-corrected chi connectivity index (χ1v) is 4.98. The summed E-state index contributed by atoms with van der Waals surface area (Å²) in [5.74, 6) is 0. The first kappa shape index (κ1) is 8.48. The Labute approximate surface area is 73.8 Å². The Morgan fingerprint density at radius 3 is 2.50 bits per heavy atom. The molecule has 3 nitrogen and oxygen atoms in total. The minimum absolute atomic E-state index is 0.333. The Kier molecular flexibility index (Phi) is 2.63. The third kappa shape index (κ3) is 1.79. The number of likely N-dealkylation sites (tertiary alicyclic amines) is 1. The van der Waals surface area contributed by atoms with Gasteiger partial charge in [0.05, 0.1) is 0 Å². The number of aliphatic hydroxyl groups is 1. The standard InChI is InChI=1S/C9H18N2O/c12-5-1-4-11-6-8-2-3-9(7-11)10-8/h8-10,12H,1-7H2. The first-order valence-electron chi connectivity index (χ1n) is 4.98. The summed E-state index contributed by atoms with van der Waals surface area (Å²) in [6.07, 6.45) is 3.63. The Balaban J connectivity index is 1.78. The van der Waals surface area contributed by atoms with Crippen LogP contribution in [-0.2, 0) is 0 Å². The molecule has 2 atom stereocenters. The van der Waals surface area contributed by atoms with Crippen molar-refractivity contribution in [3.63, 3.8) is 0 Å². The van der Waals surface area contributed by atoms with Crippen LogP contribution in [0.3, 0.4) is 0 Å². The Bertz CT molecular complexity index is 139. The summed E-state index contributed by atoms with van der Waals surface area (Å²) in [6, 6.07) is 1.48. The predicted molar refractivity (Wildman–Crippen MR) is 48.1 cm³/mol. The van der Waals surface area contributed by atoms with Crippen LogP contribution in [0.5, 0.6) is 0 Å². The van der Waals surface area contributed by atoms with E-state index in [1.165, 1.54) is 25.9 Å². The summed E-state index contributed by atoms with van der Waals surface area (Å²) in [7, 11) is 0. The van der Waals surface area contributed by atoms with Crippen molar-refractivity contribution in [3.05, 3.63) is 0 Å². The van der Waals surface area contributed by atoms with Crippen molar-refractivity contribution in [3.8, 4) is 0 Å². The smallest absolute Gasteiger partial charge is 0.0443 e. The van der Waals surface area contributed by atoms with Crippen LogP contribution in [0, 0.1) is 0 Å². The van der Waals surface area contributed by atoms with E-state index in [0.29, 0.717) is 6.61 Å². The van der Waals surface area contributed by atoms with Gasteiger partial charge in [-0.25, -0.2) is 0 Å². The molecule has 0 aromatic carbocycles. The minimum atomic E-state index is 0.333. The molecule has 3 heteroatoms. The van der Waals surface area contributed by atoms with E-state index in [2.05, 4.69) is 10.2 Å². The average molecular weight is 170 g/mol. The summed E-state index contributed by atoms with van der Waals surface area (Å²) >= 11 is 0. The summed E-state index contributed by atoms with van der Waals surface area (Å²) in [5.41, 5.74) is 0. The van der Waals surface area contributed by atoms with Crippen molar-refractivity contribution < 1.29 is 5.11 Å². The van der Waals surface area contributed by atoms with Crippen molar-refractivity contribution in [1.29, 1.82) is 0 Å². The lowest BCUT2D eigenvalue weighted by Gasteiger charge is -2.32. The lowest BCUT2D eigenvalue weighted by Crippen LogP contribution is -2.51. The molecular formula is C9H18N2O. The molecule has 2 N–H and O–H groups in total. The van der Waals surface area contributed by atoms with Crippen LogP contribution in [0.4, 0.5) is 0 Å². The van der Waals surface area contributed by atoms with Gasteiger partial charge in [-0.2, -0.15) is 0 Å². The number of hydrogen-bond donors (Lipinski definition) is 2. The SMILES string of the molecule is OCCCN1CC2CCC(C1)N2. The lowest BCUT2D eigenvalue weighted by molar-refractivity contribution is 0.176. The molecule has 2 rings (SSSR count). The van der Waals surface area contributed by atoms with E-state index in [0.717, 1.165) is 25.0 Å². The quantitative estimate of drug-likeness (QED) is 0.616. The van der Waals surface area contributed by atoms with E-state index in [4.69, 9.17) is 5.11 Å². The number of fused-ring (bicyclic) bond motifs is 2. The molecule has 2 fully saturated rings. The van der Waals surface area contributed by atoms with E-state index < -0.39 is 0 Å². The van der Waals surface area contributed by atoms with Gasteiger partial charge in [0.1, 0.15) is 0 Å². The summed E-state index contributed by atoms with van der Waals surface area (Å²) in [6.45, 7) is 3.79. The highest BCUT2D eigenvalue weighted by atomic mass is 16.3. The highest BCUT2D eigenvalue weighted by Gasteiger charge is 2.31. The number of rotatable bonds is 3. The van der Waals surface area contributed by atoms with E-state index >= 15 is 0 Å². The molecule has 12 heavy (non-hydrogen) atoms. The Morgan fingerprint density at radius 2 is 1.92 bits per heavy atom. The summed E-state index contributed by atoms with van der Waals surface area (Å²) in [4.78, 5) is 2.48. The van der Waals surface area contributed by atoms with Crippen molar-refractivity contribution in [2.24, 2.45) is 0 Å². The number of aliphatic hydroxyl groups excluding tert-OH is 1. The van der Waals surface area contributed by atoms with Crippen LogP contribution in [0.25, 0.3) is 0 Å². The molecule has 0 radical (unpaired) electrons. The first-order chi connectivity index (χ1) is 5.88. The molecule has 0 aliphatic carbocycles. The fraction of sp³-hybridized carbons (Fsp3) is 1.00.